The van der Waals surface area contributed by atoms with Gasteiger partial charge in [-0.05, 0) is 18.6 Å². The predicted molar refractivity (Wildman–Crippen MR) is 53.6 cm³/mol. The number of halogens is 1. The molecule has 0 unspecified atom stereocenters. The number of alkyl halides is 1. The minimum Gasteiger partial charge on any atom is -0.460 e. The second-order valence-electron chi connectivity index (χ2n) is 2.50. The number of ether oxygens (including phenoxy) is 1. The maximum absolute atomic E-state index is 11.2. The highest BCUT2D eigenvalue weighted by Gasteiger charge is 2.11. The summed E-state index contributed by atoms with van der Waals surface area (Å²) in [6, 6.07) is 2.80. The van der Waals surface area contributed by atoms with Gasteiger partial charge in [-0.15, -0.1) is 0 Å². The first-order chi connectivity index (χ1) is 6.67. The first-order valence-corrected chi connectivity index (χ1v) is 5.16. The zero-order chi connectivity index (χ0) is 10.6. The van der Waals surface area contributed by atoms with E-state index in [2.05, 4.69) is 20.3 Å². The monoisotopic (exact) mass is 260 g/mol. The molecule has 5 heteroatoms. The van der Waals surface area contributed by atoms with Crippen molar-refractivity contribution < 1.29 is 13.9 Å². The predicted octanol–water partition coefficient (Wildman–Crippen LogP) is 1.71. The van der Waals surface area contributed by atoms with Crippen LogP contribution < -0.4 is 5.63 Å². The number of rotatable bonds is 3. The first-order valence-electron chi connectivity index (χ1n) is 4.04. The Labute approximate surface area is 89.0 Å². The van der Waals surface area contributed by atoms with Gasteiger partial charge in [0.25, 0.3) is 0 Å². The van der Waals surface area contributed by atoms with Gasteiger partial charge in [0.05, 0.1) is 6.61 Å². The van der Waals surface area contributed by atoms with Crippen LogP contribution in [0.3, 0.4) is 0 Å². The van der Waals surface area contributed by atoms with Gasteiger partial charge in [0, 0.05) is 11.4 Å². The SMILES string of the molecule is CCOC(=O)c1cc(CBr)cc(=O)o1. The molecule has 1 rings (SSSR count). The number of esters is 1. The first kappa shape index (κ1) is 11.0. The topological polar surface area (TPSA) is 56.5 Å². The van der Waals surface area contributed by atoms with Crippen molar-refractivity contribution in [2.45, 2.75) is 12.3 Å². The third kappa shape index (κ3) is 2.70. The fourth-order valence-electron chi connectivity index (χ4n) is 0.909. The molecule has 76 valence electrons. The van der Waals surface area contributed by atoms with E-state index in [9.17, 15) is 9.59 Å². The number of hydrogen-bond acceptors (Lipinski definition) is 4. The van der Waals surface area contributed by atoms with Gasteiger partial charge in [0.1, 0.15) is 0 Å². The van der Waals surface area contributed by atoms with Crippen molar-refractivity contribution in [2.24, 2.45) is 0 Å². The number of carbonyl (C=O) groups is 1. The highest BCUT2D eigenvalue weighted by Crippen LogP contribution is 2.07. The third-order valence-electron chi connectivity index (χ3n) is 1.46. The summed E-state index contributed by atoms with van der Waals surface area (Å²) in [5.74, 6) is -0.679. The molecule has 0 radical (unpaired) electrons. The smallest absolute Gasteiger partial charge is 0.374 e. The van der Waals surface area contributed by atoms with E-state index in [0.717, 1.165) is 0 Å². The Hall–Kier alpha value is -1.10. The highest BCUT2D eigenvalue weighted by atomic mass is 79.9. The Morgan fingerprint density at radius 1 is 1.57 bits per heavy atom. The van der Waals surface area contributed by atoms with Gasteiger partial charge < -0.3 is 9.15 Å². The lowest BCUT2D eigenvalue weighted by Gasteiger charge is -2.00. The average molecular weight is 261 g/mol. The van der Waals surface area contributed by atoms with Crippen LogP contribution in [-0.4, -0.2) is 12.6 Å². The summed E-state index contributed by atoms with van der Waals surface area (Å²) in [5.41, 5.74) is 0.134. The third-order valence-corrected chi connectivity index (χ3v) is 2.11. The van der Waals surface area contributed by atoms with Crippen molar-refractivity contribution in [3.63, 3.8) is 0 Å². The van der Waals surface area contributed by atoms with Crippen molar-refractivity contribution in [3.8, 4) is 0 Å². The highest BCUT2D eigenvalue weighted by molar-refractivity contribution is 9.08. The molecule has 14 heavy (non-hydrogen) atoms. The maximum Gasteiger partial charge on any atom is 0.374 e. The van der Waals surface area contributed by atoms with Crippen LogP contribution >= 0.6 is 15.9 Å². The van der Waals surface area contributed by atoms with E-state index in [1.807, 2.05) is 0 Å². The van der Waals surface area contributed by atoms with Gasteiger partial charge in [0.15, 0.2) is 0 Å². The Morgan fingerprint density at radius 2 is 2.29 bits per heavy atom. The van der Waals surface area contributed by atoms with E-state index in [1.54, 1.807) is 6.92 Å². The van der Waals surface area contributed by atoms with E-state index in [-0.39, 0.29) is 12.4 Å². The minimum atomic E-state index is -0.618. The second kappa shape index (κ2) is 4.95. The van der Waals surface area contributed by atoms with Crippen molar-refractivity contribution in [3.05, 3.63) is 33.9 Å². The summed E-state index contributed by atoms with van der Waals surface area (Å²) < 4.78 is 9.38. The van der Waals surface area contributed by atoms with Gasteiger partial charge in [0.2, 0.25) is 5.76 Å². The van der Waals surface area contributed by atoms with Crippen molar-refractivity contribution in [1.82, 2.24) is 0 Å². The normalized spacial score (nSPS) is 9.86. The Bertz CT molecular complexity index is 383. The quantitative estimate of drug-likeness (QED) is 0.614. The van der Waals surface area contributed by atoms with Crippen molar-refractivity contribution in [2.75, 3.05) is 6.61 Å². The molecule has 0 bridgehead atoms. The number of hydrogen-bond donors (Lipinski definition) is 0. The molecule has 0 fully saturated rings. The lowest BCUT2D eigenvalue weighted by molar-refractivity contribution is 0.0484. The molecule has 0 saturated heterocycles. The van der Waals surface area contributed by atoms with E-state index in [1.165, 1.54) is 12.1 Å². The summed E-state index contributed by atoms with van der Waals surface area (Å²) in [5, 5.41) is 0.491. The molecule has 4 nitrogen and oxygen atoms in total. The van der Waals surface area contributed by atoms with Crippen molar-refractivity contribution in [1.29, 1.82) is 0 Å². The second-order valence-corrected chi connectivity index (χ2v) is 3.06. The molecule has 1 aromatic rings. The molecule has 1 aromatic heterocycles. The minimum absolute atomic E-state index is 0.0613. The Balaban J connectivity index is 3.03. The van der Waals surface area contributed by atoms with Crippen LogP contribution in [0, 0.1) is 0 Å². The molecule has 0 spiro atoms. The number of carbonyl (C=O) groups excluding carboxylic acids is 1. The summed E-state index contributed by atoms with van der Waals surface area (Å²) in [4.78, 5) is 22.2. The zero-order valence-corrected chi connectivity index (χ0v) is 9.17. The standard InChI is InChI=1S/C9H9BrO4/c1-2-13-9(12)7-3-6(5-10)4-8(11)14-7/h3-4H,2,5H2,1H3. The molecule has 0 N–H and O–H groups in total. The molecule has 1 heterocycles. The van der Waals surface area contributed by atoms with Gasteiger partial charge in [-0.25, -0.2) is 9.59 Å². The van der Waals surface area contributed by atoms with Crippen LogP contribution in [0.5, 0.6) is 0 Å². The molecule has 0 atom stereocenters. The summed E-state index contributed by atoms with van der Waals surface area (Å²) in [6.45, 7) is 1.94. The largest absolute Gasteiger partial charge is 0.460 e. The summed E-state index contributed by atoms with van der Waals surface area (Å²) in [7, 11) is 0. The fraction of sp³-hybridized carbons (Fsp3) is 0.333. The molecule has 0 aliphatic rings. The van der Waals surface area contributed by atoms with E-state index in [0.29, 0.717) is 10.9 Å². The molecule has 0 aliphatic heterocycles. The molecule has 0 amide bonds. The van der Waals surface area contributed by atoms with Crippen LogP contribution in [0.2, 0.25) is 0 Å². The Kier molecular flexibility index (Phi) is 3.88. The van der Waals surface area contributed by atoms with E-state index < -0.39 is 11.6 Å². The van der Waals surface area contributed by atoms with Crippen LogP contribution in [0.4, 0.5) is 0 Å². The zero-order valence-electron chi connectivity index (χ0n) is 7.58. The van der Waals surface area contributed by atoms with Crippen LogP contribution in [-0.2, 0) is 10.1 Å². The van der Waals surface area contributed by atoms with Gasteiger partial charge in [-0.2, -0.15) is 0 Å². The van der Waals surface area contributed by atoms with Crippen LogP contribution in [0.25, 0.3) is 0 Å². The maximum atomic E-state index is 11.2. The fourth-order valence-corrected chi connectivity index (χ4v) is 1.23. The van der Waals surface area contributed by atoms with E-state index >= 15 is 0 Å². The van der Waals surface area contributed by atoms with Gasteiger partial charge >= 0.3 is 11.6 Å². The summed E-state index contributed by atoms with van der Waals surface area (Å²) in [6.07, 6.45) is 0. The molecule has 0 saturated carbocycles. The van der Waals surface area contributed by atoms with Crippen LogP contribution in [0.1, 0.15) is 23.0 Å². The molecule has 0 aliphatic carbocycles. The van der Waals surface area contributed by atoms with Crippen molar-refractivity contribution >= 4 is 21.9 Å². The van der Waals surface area contributed by atoms with Gasteiger partial charge in [-0.3, -0.25) is 0 Å². The van der Waals surface area contributed by atoms with Gasteiger partial charge in [-0.1, -0.05) is 15.9 Å². The Morgan fingerprint density at radius 3 is 2.86 bits per heavy atom. The molecular formula is C9H9BrO4. The van der Waals surface area contributed by atoms with Crippen LogP contribution in [0.15, 0.2) is 21.3 Å². The molecular weight excluding hydrogens is 252 g/mol. The average Bonchev–Trinajstić information content (AvgIpc) is 2.17. The lowest BCUT2D eigenvalue weighted by atomic mass is 10.3. The lowest BCUT2D eigenvalue weighted by Crippen LogP contribution is -2.10. The summed E-state index contributed by atoms with van der Waals surface area (Å²) >= 11 is 3.18. The van der Waals surface area contributed by atoms with E-state index in [4.69, 9.17) is 4.74 Å². The molecule has 0 aromatic carbocycles.